The maximum absolute atomic E-state index is 13.7. The second kappa shape index (κ2) is 5.15. The van der Waals surface area contributed by atoms with Crippen LogP contribution in [-0.2, 0) is 0 Å². The molecule has 1 fully saturated rings. The molecule has 0 bridgehead atoms. The maximum Gasteiger partial charge on any atom is 0.128 e. The van der Waals surface area contributed by atoms with Gasteiger partial charge in [-0.2, -0.15) is 0 Å². The minimum atomic E-state index is -0.156. The van der Waals surface area contributed by atoms with Crippen molar-refractivity contribution in [1.29, 1.82) is 0 Å². The Morgan fingerprint density at radius 3 is 2.88 bits per heavy atom. The molecule has 2 rings (SSSR count). The van der Waals surface area contributed by atoms with Gasteiger partial charge < -0.3 is 5.32 Å². The molecule has 0 amide bonds. The van der Waals surface area contributed by atoms with Gasteiger partial charge in [-0.1, -0.05) is 31.4 Å². The molecule has 1 aliphatic carbocycles. The van der Waals surface area contributed by atoms with Crippen molar-refractivity contribution in [3.05, 3.63) is 34.6 Å². The lowest BCUT2D eigenvalue weighted by molar-refractivity contribution is 0.463. The van der Waals surface area contributed by atoms with Crippen molar-refractivity contribution in [2.24, 2.45) is 5.92 Å². The Labute approximate surface area is 101 Å². The second-order valence-electron chi connectivity index (χ2n) is 4.46. The van der Waals surface area contributed by atoms with Crippen LogP contribution in [0.5, 0.6) is 0 Å². The zero-order valence-corrected chi connectivity index (χ0v) is 10.2. The number of benzene rings is 1. The summed E-state index contributed by atoms with van der Waals surface area (Å²) >= 11 is 5.92. The third-order valence-electron chi connectivity index (χ3n) is 3.05. The molecule has 1 unspecified atom stereocenters. The lowest BCUT2D eigenvalue weighted by atomic mass is 10.0. The Bertz CT molecular complexity index is 363. The van der Waals surface area contributed by atoms with Gasteiger partial charge in [0.05, 0.1) is 0 Å². The van der Waals surface area contributed by atoms with Crippen LogP contribution in [0.15, 0.2) is 18.2 Å². The molecule has 1 saturated carbocycles. The molecular formula is C13H17ClFN. The zero-order valence-electron chi connectivity index (χ0n) is 9.47. The summed E-state index contributed by atoms with van der Waals surface area (Å²) in [6.45, 7) is 2.89. The maximum atomic E-state index is 13.7. The fourth-order valence-corrected chi connectivity index (χ4v) is 2.22. The number of rotatable bonds is 5. The SMILES string of the molecule is CCNC(CC1CC1)c1cc(Cl)ccc1F. The molecule has 1 aromatic carbocycles. The minimum absolute atomic E-state index is 0.108. The van der Waals surface area contributed by atoms with E-state index in [0.717, 1.165) is 18.9 Å². The van der Waals surface area contributed by atoms with Gasteiger partial charge in [0, 0.05) is 16.6 Å². The first-order valence-corrected chi connectivity index (χ1v) is 6.26. The topological polar surface area (TPSA) is 12.0 Å². The minimum Gasteiger partial charge on any atom is -0.310 e. The van der Waals surface area contributed by atoms with Crippen LogP contribution >= 0.6 is 11.6 Å². The van der Waals surface area contributed by atoms with Crippen LogP contribution < -0.4 is 5.32 Å². The smallest absolute Gasteiger partial charge is 0.128 e. The highest BCUT2D eigenvalue weighted by atomic mass is 35.5. The van der Waals surface area contributed by atoms with E-state index in [1.807, 2.05) is 6.92 Å². The zero-order chi connectivity index (χ0) is 11.5. The molecule has 0 heterocycles. The van der Waals surface area contributed by atoms with Crippen LogP contribution in [0, 0.1) is 11.7 Å². The van der Waals surface area contributed by atoms with Gasteiger partial charge in [0.2, 0.25) is 0 Å². The molecule has 0 spiro atoms. The lowest BCUT2D eigenvalue weighted by Gasteiger charge is -2.19. The summed E-state index contributed by atoms with van der Waals surface area (Å²) in [5, 5.41) is 3.95. The van der Waals surface area contributed by atoms with Crippen molar-refractivity contribution in [3.63, 3.8) is 0 Å². The Morgan fingerprint density at radius 2 is 2.25 bits per heavy atom. The summed E-state index contributed by atoms with van der Waals surface area (Å²) in [5.74, 6) is 0.610. The summed E-state index contributed by atoms with van der Waals surface area (Å²) in [5.41, 5.74) is 0.709. The largest absolute Gasteiger partial charge is 0.310 e. The van der Waals surface area contributed by atoms with Gasteiger partial charge in [-0.15, -0.1) is 0 Å². The first-order valence-electron chi connectivity index (χ1n) is 5.89. The monoisotopic (exact) mass is 241 g/mol. The van der Waals surface area contributed by atoms with E-state index in [1.54, 1.807) is 12.1 Å². The number of halogens is 2. The molecule has 88 valence electrons. The van der Waals surface area contributed by atoms with Crippen LogP contribution in [0.1, 0.15) is 37.8 Å². The third kappa shape index (κ3) is 2.96. The third-order valence-corrected chi connectivity index (χ3v) is 3.29. The lowest BCUT2D eigenvalue weighted by Crippen LogP contribution is -2.22. The Kier molecular flexibility index (Phi) is 3.82. The predicted octanol–water partition coefficient (Wildman–Crippen LogP) is 3.93. The van der Waals surface area contributed by atoms with Crippen LogP contribution in [0.4, 0.5) is 4.39 Å². The molecule has 3 heteroatoms. The van der Waals surface area contributed by atoms with Gasteiger partial charge >= 0.3 is 0 Å². The molecule has 16 heavy (non-hydrogen) atoms. The average molecular weight is 242 g/mol. The van der Waals surface area contributed by atoms with Gasteiger partial charge in [0.1, 0.15) is 5.82 Å². The van der Waals surface area contributed by atoms with Gasteiger partial charge in [0.15, 0.2) is 0 Å². The van der Waals surface area contributed by atoms with Crippen molar-refractivity contribution >= 4 is 11.6 Å². The molecule has 0 saturated heterocycles. The highest BCUT2D eigenvalue weighted by Crippen LogP contribution is 2.38. The summed E-state index contributed by atoms with van der Waals surface area (Å²) in [6, 6.07) is 4.90. The Morgan fingerprint density at radius 1 is 1.50 bits per heavy atom. The van der Waals surface area contributed by atoms with Crippen LogP contribution in [0.2, 0.25) is 5.02 Å². The first-order chi connectivity index (χ1) is 7.70. The van der Waals surface area contributed by atoms with E-state index in [-0.39, 0.29) is 11.9 Å². The molecule has 0 radical (unpaired) electrons. The van der Waals surface area contributed by atoms with Gasteiger partial charge in [-0.05, 0) is 37.1 Å². The summed E-state index contributed by atoms with van der Waals surface area (Å²) < 4.78 is 13.7. The summed E-state index contributed by atoms with van der Waals surface area (Å²) in [4.78, 5) is 0. The fourth-order valence-electron chi connectivity index (χ4n) is 2.04. The van der Waals surface area contributed by atoms with Crippen molar-refractivity contribution in [2.45, 2.75) is 32.2 Å². The van der Waals surface area contributed by atoms with Crippen molar-refractivity contribution in [1.82, 2.24) is 5.32 Å². The molecule has 1 atom stereocenters. The van der Waals surface area contributed by atoms with E-state index in [9.17, 15) is 4.39 Å². The van der Waals surface area contributed by atoms with E-state index in [0.29, 0.717) is 10.6 Å². The van der Waals surface area contributed by atoms with E-state index < -0.39 is 0 Å². The molecular weight excluding hydrogens is 225 g/mol. The van der Waals surface area contributed by atoms with E-state index in [4.69, 9.17) is 11.6 Å². The van der Waals surface area contributed by atoms with Gasteiger partial charge in [-0.25, -0.2) is 4.39 Å². The quantitative estimate of drug-likeness (QED) is 0.824. The predicted molar refractivity (Wildman–Crippen MR) is 65.2 cm³/mol. The van der Waals surface area contributed by atoms with Crippen molar-refractivity contribution in [3.8, 4) is 0 Å². The van der Waals surface area contributed by atoms with E-state index >= 15 is 0 Å². The molecule has 1 N–H and O–H groups in total. The second-order valence-corrected chi connectivity index (χ2v) is 4.89. The Hall–Kier alpha value is -0.600. The van der Waals surface area contributed by atoms with E-state index in [2.05, 4.69) is 5.32 Å². The number of hydrogen-bond acceptors (Lipinski definition) is 1. The first kappa shape index (κ1) is 11.9. The van der Waals surface area contributed by atoms with Gasteiger partial charge in [0.25, 0.3) is 0 Å². The normalized spacial score (nSPS) is 17.4. The Balaban J connectivity index is 2.18. The number of hydrogen-bond donors (Lipinski definition) is 1. The van der Waals surface area contributed by atoms with Crippen molar-refractivity contribution in [2.75, 3.05) is 6.54 Å². The molecule has 0 aliphatic heterocycles. The van der Waals surface area contributed by atoms with Crippen LogP contribution in [0.25, 0.3) is 0 Å². The molecule has 1 aromatic rings. The van der Waals surface area contributed by atoms with E-state index in [1.165, 1.54) is 18.9 Å². The highest BCUT2D eigenvalue weighted by molar-refractivity contribution is 6.30. The highest BCUT2D eigenvalue weighted by Gasteiger charge is 2.27. The van der Waals surface area contributed by atoms with Crippen LogP contribution in [-0.4, -0.2) is 6.54 Å². The summed E-state index contributed by atoms with van der Waals surface area (Å²) in [7, 11) is 0. The van der Waals surface area contributed by atoms with Crippen LogP contribution in [0.3, 0.4) is 0 Å². The molecule has 1 aliphatic rings. The average Bonchev–Trinajstić information content (AvgIpc) is 3.05. The summed E-state index contributed by atoms with van der Waals surface area (Å²) in [6.07, 6.45) is 3.58. The molecule has 1 nitrogen and oxygen atoms in total. The molecule has 0 aromatic heterocycles. The number of nitrogens with one attached hydrogen (secondary N) is 1. The van der Waals surface area contributed by atoms with Gasteiger partial charge in [-0.3, -0.25) is 0 Å². The standard InChI is InChI=1S/C13H17ClFN/c1-2-16-13(7-9-3-4-9)11-8-10(14)5-6-12(11)15/h5-6,8-9,13,16H,2-4,7H2,1H3. The van der Waals surface area contributed by atoms with Crippen molar-refractivity contribution < 1.29 is 4.39 Å². The fraction of sp³-hybridized carbons (Fsp3) is 0.538.